The topological polar surface area (TPSA) is 21.3 Å². The van der Waals surface area contributed by atoms with Gasteiger partial charge in [-0.05, 0) is 25.7 Å². The summed E-state index contributed by atoms with van der Waals surface area (Å²) in [5.41, 5.74) is -0.993. The molecule has 2 fully saturated rings. The second-order valence-electron chi connectivity index (χ2n) is 4.94. The lowest BCUT2D eigenvalue weighted by molar-refractivity contribution is -0.00354. The van der Waals surface area contributed by atoms with Crippen LogP contribution in [0.25, 0.3) is 0 Å². The molecule has 0 amide bonds. The summed E-state index contributed by atoms with van der Waals surface area (Å²) in [4.78, 5) is 0. The van der Waals surface area contributed by atoms with E-state index in [9.17, 15) is 4.39 Å². The molecule has 0 aromatic rings. The highest BCUT2D eigenvalue weighted by molar-refractivity contribution is 5.02. The maximum Gasteiger partial charge on any atom is 0.118 e. The zero-order valence-electron chi connectivity index (χ0n) is 9.05. The molecule has 0 saturated carbocycles. The summed E-state index contributed by atoms with van der Waals surface area (Å²) < 4.78 is 19.6. The van der Waals surface area contributed by atoms with Gasteiger partial charge in [0.15, 0.2) is 0 Å². The molecule has 0 spiro atoms. The summed E-state index contributed by atoms with van der Waals surface area (Å²) in [7, 11) is 1.65. The minimum absolute atomic E-state index is 0.0256. The van der Waals surface area contributed by atoms with Crippen LogP contribution >= 0.6 is 0 Å². The Balaban J connectivity index is 2.01. The van der Waals surface area contributed by atoms with Crippen LogP contribution in [0.1, 0.15) is 32.6 Å². The van der Waals surface area contributed by atoms with E-state index >= 15 is 0 Å². The molecule has 14 heavy (non-hydrogen) atoms. The molecular weight excluding hydrogens is 181 g/mol. The van der Waals surface area contributed by atoms with Crippen LogP contribution in [0, 0.1) is 5.92 Å². The highest BCUT2D eigenvalue weighted by Gasteiger charge is 2.47. The summed E-state index contributed by atoms with van der Waals surface area (Å²) in [6, 6.07) is 0.830. The largest absolute Gasteiger partial charge is 0.384 e. The van der Waals surface area contributed by atoms with Crippen molar-refractivity contribution in [2.24, 2.45) is 5.92 Å². The third kappa shape index (κ3) is 1.80. The average Bonchev–Trinajstić information content (AvgIpc) is 2.46. The molecular formula is C11H20FNO. The fraction of sp³-hybridized carbons (Fsp3) is 1.00. The van der Waals surface area contributed by atoms with Crippen LogP contribution in [0.4, 0.5) is 4.39 Å². The van der Waals surface area contributed by atoms with Gasteiger partial charge in [0.1, 0.15) is 5.67 Å². The molecule has 1 N–H and O–H groups in total. The van der Waals surface area contributed by atoms with E-state index in [0.717, 1.165) is 12.8 Å². The van der Waals surface area contributed by atoms with Gasteiger partial charge in [-0.2, -0.15) is 0 Å². The number of fused-ring (bicyclic) bond motifs is 2. The van der Waals surface area contributed by atoms with Crippen molar-refractivity contribution in [2.75, 3.05) is 13.7 Å². The Morgan fingerprint density at radius 1 is 1.43 bits per heavy atom. The van der Waals surface area contributed by atoms with Crippen LogP contribution in [0.2, 0.25) is 0 Å². The molecule has 0 radical (unpaired) electrons. The lowest BCUT2D eigenvalue weighted by Gasteiger charge is -2.38. The Labute approximate surface area is 85.2 Å². The standard InChI is InChI=1S/C11H20FNO/c1-8(7-14-2)11(12)5-9-3-4-10(6-11)13-9/h8-10,13H,3-7H2,1-2H3. The van der Waals surface area contributed by atoms with Gasteiger partial charge in [-0.25, -0.2) is 4.39 Å². The minimum atomic E-state index is -0.993. The number of rotatable bonds is 3. The fourth-order valence-corrected chi connectivity index (χ4v) is 2.93. The van der Waals surface area contributed by atoms with Crippen molar-refractivity contribution in [3.63, 3.8) is 0 Å². The van der Waals surface area contributed by atoms with Gasteiger partial charge in [-0.15, -0.1) is 0 Å². The van der Waals surface area contributed by atoms with E-state index in [-0.39, 0.29) is 5.92 Å². The summed E-state index contributed by atoms with van der Waals surface area (Å²) >= 11 is 0. The molecule has 2 bridgehead atoms. The molecule has 3 heteroatoms. The molecule has 0 aromatic heterocycles. The molecule has 2 aliphatic rings. The Morgan fingerprint density at radius 3 is 2.50 bits per heavy atom. The molecule has 3 atom stereocenters. The zero-order valence-corrected chi connectivity index (χ0v) is 9.05. The quantitative estimate of drug-likeness (QED) is 0.753. The molecule has 3 unspecified atom stereocenters. The Hall–Kier alpha value is -0.150. The van der Waals surface area contributed by atoms with Crippen molar-refractivity contribution in [3.05, 3.63) is 0 Å². The predicted octanol–water partition coefficient (Wildman–Crippen LogP) is 1.89. The summed E-state index contributed by atoms with van der Waals surface area (Å²) in [6.07, 6.45) is 3.65. The van der Waals surface area contributed by atoms with Gasteiger partial charge in [0.2, 0.25) is 0 Å². The number of methoxy groups -OCH3 is 1. The molecule has 2 saturated heterocycles. The summed E-state index contributed by atoms with van der Waals surface area (Å²) in [5, 5.41) is 3.46. The smallest absolute Gasteiger partial charge is 0.118 e. The molecule has 2 aliphatic heterocycles. The second kappa shape index (κ2) is 3.78. The lowest BCUT2D eigenvalue weighted by Crippen LogP contribution is -2.50. The van der Waals surface area contributed by atoms with E-state index in [1.54, 1.807) is 7.11 Å². The Morgan fingerprint density at radius 2 is 2.00 bits per heavy atom. The van der Waals surface area contributed by atoms with E-state index in [1.807, 2.05) is 6.92 Å². The van der Waals surface area contributed by atoms with Crippen LogP contribution < -0.4 is 5.32 Å². The van der Waals surface area contributed by atoms with E-state index < -0.39 is 5.67 Å². The summed E-state index contributed by atoms with van der Waals surface area (Å²) in [6.45, 7) is 2.50. The third-order valence-electron chi connectivity index (χ3n) is 3.81. The van der Waals surface area contributed by atoms with Gasteiger partial charge in [-0.3, -0.25) is 0 Å². The zero-order chi connectivity index (χ0) is 10.2. The molecule has 2 rings (SSSR count). The molecule has 0 aliphatic carbocycles. The first-order chi connectivity index (χ1) is 6.64. The van der Waals surface area contributed by atoms with Crippen molar-refractivity contribution in [1.29, 1.82) is 0 Å². The molecule has 0 aromatic carbocycles. The van der Waals surface area contributed by atoms with E-state index in [0.29, 0.717) is 31.5 Å². The van der Waals surface area contributed by atoms with Crippen LogP contribution in [-0.4, -0.2) is 31.5 Å². The fourth-order valence-electron chi connectivity index (χ4n) is 2.93. The highest BCUT2D eigenvalue weighted by atomic mass is 19.1. The Bertz CT molecular complexity index is 197. The molecule has 2 nitrogen and oxygen atoms in total. The SMILES string of the molecule is COCC(C)C1(F)CC2CCC(C1)N2. The van der Waals surface area contributed by atoms with Gasteiger partial charge in [0.25, 0.3) is 0 Å². The van der Waals surface area contributed by atoms with Crippen molar-refractivity contribution in [1.82, 2.24) is 5.32 Å². The number of hydrogen-bond donors (Lipinski definition) is 1. The number of ether oxygens (including phenoxy) is 1. The van der Waals surface area contributed by atoms with E-state index in [4.69, 9.17) is 4.74 Å². The van der Waals surface area contributed by atoms with Gasteiger partial charge in [0, 0.05) is 25.1 Å². The average molecular weight is 201 g/mol. The molecule has 82 valence electrons. The van der Waals surface area contributed by atoms with Crippen LogP contribution in [0.3, 0.4) is 0 Å². The number of halogens is 1. The van der Waals surface area contributed by atoms with Gasteiger partial charge in [0.05, 0.1) is 6.61 Å². The van der Waals surface area contributed by atoms with Crippen molar-refractivity contribution in [3.8, 4) is 0 Å². The maximum atomic E-state index is 14.6. The third-order valence-corrected chi connectivity index (χ3v) is 3.81. The number of hydrogen-bond acceptors (Lipinski definition) is 2. The lowest BCUT2D eigenvalue weighted by atomic mass is 9.80. The monoisotopic (exact) mass is 201 g/mol. The normalized spacial score (nSPS) is 43.9. The van der Waals surface area contributed by atoms with Crippen LogP contribution in [-0.2, 0) is 4.74 Å². The maximum absolute atomic E-state index is 14.6. The van der Waals surface area contributed by atoms with Crippen LogP contribution in [0.5, 0.6) is 0 Å². The highest BCUT2D eigenvalue weighted by Crippen LogP contribution is 2.41. The van der Waals surface area contributed by atoms with Gasteiger partial charge < -0.3 is 10.1 Å². The first kappa shape index (κ1) is 10.4. The number of alkyl halides is 1. The Kier molecular flexibility index (Phi) is 2.80. The predicted molar refractivity (Wildman–Crippen MR) is 54.1 cm³/mol. The van der Waals surface area contributed by atoms with E-state index in [1.165, 1.54) is 0 Å². The van der Waals surface area contributed by atoms with Gasteiger partial charge in [-0.1, -0.05) is 6.92 Å². The second-order valence-corrected chi connectivity index (χ2v) is 4.94. The van der Waals surface area contributed by atoms with Crippen molar-refractivity contribution >= 4 is 0 Å². The number of nitrogens with one attached hydrogen (secondary N) is 1. The number of piperidine rings is 1. The first-order valence-corrected chi connectivity index (χ1v) is 5.58. The molecule has 2 heterocycles. The van der Waals surface area contributed by atoms with Gasteiger partial charge >= 0.3 is 0 Å². The summed E-state index contributed by atoms with van der Waals surface area (Å²) in [5.74, 6) is 0.0256. The van der Waals surface area contributed by atoms with E-state index in [2.05, 4.69) is 5.32 Å². The van der Waals surface area contributed by atoms with Crippen LogP contribution in [0.15, 0.2) is 0 Å². The van der Waals surface area contributed by atoms with Crippen molar-refractivity contribution < 1.29 is 9.13 Å². The van der Waals surface area contributed by atoms with Crippen molar-refractivity contribution in [2.45, 2.75) is 50.4 Å². The minimum Gasteiger partial charge on any atom is -0.384 e. The first-order valence-electron chi connectivity index (χ1n) is 5.58.